The second-order valence-corrected chi connectivity index (χ2v) is 7.52. The predicted octanol–water partition coefficient (Wildman–Crippen LogP) is -2.46. The Hall–Kier alpha value is -2.73. The lowest BCUT2D eigenvalue weighted by molar-refractivity contribution is -0.141. The van der Waals surface area contributed by atoms with E-state index in [2.05, 4.69) is 31.9 Å². The van der Waals surface area contributed by atoms with E-state index in [0.717, 1.165) is 0 Å². The highest BCUT2D eigenvalue weighted by Crippen LogP contribution is 2.06. The molecule has 12 heteroatoms. The van der Waals surface area contributed by atoms with Gasteiger partial charge in [-0.25, -0.2) is 0 Å². The van der Waals surface area contributed by atoms with Crippen LogP contribution in [0.3, 0.4) is 0 Å². The fraction of sp³-hybridized carbons (Fsp3) is 0.737. The Morgan fingerprint density at radius 2 is 1.35 bits per heavy atom. The molecule has 0 fully saturated rings. The number of hydrogen-bond acceptors (Lipinski definition) is 7. The van der Waals surface area contributed by atoms with E-state index < -0.39 is 48.2 Å². The Bertz CT molecular complexity index is 627. The second kappa shape index (κ2) is 15.1. The molecule has 0 saturated carbocycles. The third kappa shape index (κ3) is 12.5. The molecule has 0 aliphatic rings. The first kappa shape index (κ1) is 28.3. The summed E-state index contributed by atoms with van der Waals surface area (Å²) in [5.41, 5.74) is 0. The molecule has 0 aromatic carbocycles. The van der Waals surface area contributed by atoms with Gasteiger partial charge in [-0.1, -0.05) is 13.8 Å². The maximum absolute atomic E-state index is 12.5. The molecule has 178 valence electrons. The van der Waals surface area contributed by atoms with E-state index in [9.17, 15) is 24.0 Å². The van der Waals surface area contributed by atoms with E-state index >= 15 is 0 Å². The van der Waals surface area contributed by atoms with Crippen molar-refractivity contribution in [3.8, 4) is 0 Å². The van der Waals surface area contributed by atoms with Crippen LogP contribution in [-0.4, -0.2) is 86.6 Å². The van der Waals surface area contributed by atoms with Crippen LogP contribution in [0, 0.1) is 5.92 Å². The molecule has 0 aliphatic heterocycles. The average Bonchev–Trinajstić information content (AvgIpc) is 2.66. The topological polar surface area (TPSA) is 178 Å². The number of carbonyl (C=O) groups is 5. The number of hydrogen-bond donors (Lipinski definition) is 7. The van der Waals surface area contributed by atoms with Crippen LogP contribution < -0.4 is 31.9 Å². The third-order valence-electron chi connectivity index (χ3n) is 4.21. The van der Waals surface area contributed by atoms with Crippen molar-refractivity contribution in [2.75, 3.05) is 33.7 Å². The molecule has 0 aromatic heterocycles. The van der Waals surface area contributed by atoms with Crippen LogP contribution >= 0.6 is 0 Å². The minimum absolute atomic E-state index is 0.0493. The summed E-state index contributed by atoms with van der Waals surface area (Å²) in [6.07, 6.45) is -0.291. The van der Waals surface area contributed by atoms with Crippen LogP contribution in [0.4, 0.5) is 0 Å². The standard InChI is InChI=1S/C19H36N6O6/c1-11(2)8-13(24-12(3)26)19(31)25-14(9-16(27)28)17(29)22-6-7-23-18(30)15(21-5)10-20-4/h11,13-15,20-21H,6-10H2,1-5H3,(H,22,29)(H,23,30)(H,24,26)(H,25,31)(H,27,28)/t13-,14-,15?/m0/s1. The molecule has 0 saturated heterocycles. The zero-order valence-electron chi connectivity index (χ0n) is 18.8. The van der Waals surface area contributed by atoms with E-state index in [1.807, 2.05) is 13.8 Å². The molecular weight excluding hydrogens is 408 g/mol. The lowest BCUT2D eigenvalue weighted by atomic mass is 10.0. The summed E-state index contributed by atoms with van der Waals surface area (Å²) >= 11 is 0. The molecule has 31 heavy (non-hydrogen) atoms. The van der Waals surface area contributed by atoms with Crippen LogP contribution in [0.1, 0.15) is 33.6 Å². The molecule has 1 unspecified atom stereocenters. The molecule has 0 bridgehead atoms. The molecule has 7 N–H and O–H groups in total. The quantitative estimate of drug-likeness (QED) is 0.136. The molecule has 0 aliphatic carbocycles. The lowest BCUT2D eigenvalue weighted by Gasteiger charge is -2.23. The van der Waals surface area contributed by atoms with Crippen molar-refractivity contribution in [3.05, 3.63) is 0 Å². The number of nitrogens with one attached hydrogen (secondary N) is 6. The summed E-state index contributed by atoms with van der Waals surface area (Å²) in [5, 5.41) is 24.9. The molecule has 12 nitrogen and oxygen atoms in total. The molecule has 0 rings (SSSR count). The zero-order valence-corrected chi connectivity index (χ0v) is 18.8. The number of aliphatic carboxylic acids is 1. The van der Waals surface area contributed by atoms with Crippen LogP contribution in [0.2, 0.25) is 0 Å². The van der Waals surface area contributed by atoms with Crippen molar-refractivity contribution in [3.63, 3.8) is 0 Å². The predicted molar refractivity (Wildman–Crippen MR) is 114 cm³/mol. The molecule has 0 spiro atoms. The van der Waals surface area contributed by atoms with Crippen molar-refractivity contribution in [1.29, 1.82) is 0 Å². The van der Waals surface area contributed by atoms with Gasteiger partial charge in [-0.05, 0) is 26.4 Å². The summed E-state index contributed by atoms with van der Waals surface area (Å²) < 4.78 is 0. The molecule has 0 radical (unpaired) electrons. The number of carboxylic acid groups (broad SMARTS) is 1. The van der Waals surface area contributed by atoms with Crippen molar-refractivity contribution in [2.45, 2.75) is 51.7 Å². The van der Waals surface area contributed by atoms with Gasteiger partial charge < -0.3 is 37.0 Å². The van der Waals surface area contributed by atoms with Gasteiger partial charge in [0, 0.05) is 26.6 Å². The van der Waals surface area contributed by atoms with Crippen LogP contribution in [0.15, 0.2) is 0 Å². The molecule has 0 heterocycles. The number of carboxylic acids is 1. The van der Waals surface area contributed by atoms with Gasteiger partial charge >= 0.3 is 5.97 Å². The van der Waals surface area contributed by atoms with Crippen molar-refractivity contribution < 1.29 is 29.1 Å². The number of rotatable bonds is 15. The Labute approximate surface area is 182 Å². The van der Waals surface area contributed by atoms with Crippen molar-refractivity contribution in [2.24, 2.45) is 5.92 Å². The average molecular weight is 445 g/mol. The van der Waals surface area contributed by atoms with E-state index in [0.29, 0.717) is 13.0 Å². The van der Waals surface area contributed by atoms with E-state index in [1.165, 1.54) is 6.92 Å². The maximum Gasteiger partial charge on any atom is 0.305 e. The van der Waals surface area contributed by atoms with Gasteiger partial charge in [0.1, 0.15) is 12.1 Å². The fourth-order valence-electron chi connectivity index (χ4n) is 2.75. The second-order valence-electron chi connectivity index (χ2n) is 7.52. The molecule has 3 atom stereocenters. The van der Waals surface area contributed by atoms with Crippen LogP contribution in [0.25, 0.3) is 0 Å². The van der Waals surface area contributed by atoms with Gasteiger partial charge in [0.2, 0.25) is 23.6 Å². The lowest BCUT2D eigenvalue weighted by Crippen LogP contribution is -2.55. The first-order chi connectivity index (χ1) is 14.5. The fourth-order valence-corrected chi connectivity index (χ4v) is 2.75. The Morgan fingerprint density at radius 3 is 1.77 bits per heavy atom. The number of likely N-dealkylation sites (N-methyl/N-ethyl adjacent to an activating group) is 2. The van der Waals surface area contributed by atoms with E-state index in [4.69, 9.17) is 5.11 Å². The van der Waals surface area contributed by atoms with Crippen LogP contribution in [-0.2, 0) is 24.0 Å². The maximum atomic E-state index is 12.5. The highest BCUT2D eigenvalue weighted by Gasteiger charge is 2.28. The highest BCUT2D eigenvalue weighted by molar-refractivity contribution is 5.93. The Balaban J connectivity index is 4.85. The van der Waals surface area contributed by atoms with Crippen LogP contribution in [0.5, 0.6) is 0 Å². The summed E-state index contributed by atoms with van der Waals surface area (Å²) in [4.78, 5) is 59.4. The number of amides is 4. The van der Waals surface area contributed by atoms with Gasteiger partial charge in [-0.2, -0.15) is 0 Å². The number of carbonyl (C=O) groups excluding carboxylic acids is 4. The molecule has 0 aromatic rings. The summed E-state index contributed by atoms with van der Waals surface area (Å²) in [6, 6.07) is -2.64. The smallest absolute Gasteiger partial charge is 0.305 e. The minimum atomic E-state index is -1.32. The Morgan fingerprint density at radius 1 is 0.806 bits per heavy atom. The van der Waals surface area contributed by atoms with Crippen molar-refractivity contribution in [1.82, 2.24) is 31.9 Å². The van der Waals surface area contributed by atoms with Gasteiger partial charge in [0.25, 0.3) is 0 Å². The normalized spacial score (nSPS) is 13.6. The zero-order chi connectivity index (χ0) is 24.0. The van der Waals surface area contributed by atoms with Gasteiger partial charge in [-0.3, -0.25) is 24.0 Å². The minimum Gasteiger partial charge on any atom is -0.481 e. The summed E-state index contributed by atoms with van der Waals surface area (Å²) in [7, 11) is 3.36. The SMILES string of the molecule is CNCC(NC)C(=O)NCCNC(=O)[C@H](CC(=O)O)NC(=O)[C@H](CC(C)C)NC(C)=O. The van der Waals surface area contributed by atoms with E-state index in [-0.39, 0.29) is 24.9 Å². The van der Waals surface area contributed by atoms with Gasteiger partial charge in [0.05, 0.1) is 12.5 Å². The first-order valence-corrected chi connectivity index (χ1v) is 10.2. The van der Waals surface area contributed by atoms with Crippen molar-refractivity contribution >= 4 is 29.6 Å². The summed E-state index contributed by atoms with van der Waals surface area (Å²) in [6.45, 7) is 5.61. The Kier molecular flexibility index (Phi) is 13.8. The first-order valence-electron chi connectivity index (χ1n) is 10.2. The third-order valence-corrected chi connectivity index (χ3v) is 4.21. The van der Waals surface area contributed by atoms with Gasteiger partial charge in [-0.15, -0.1) is 0 Å². The summed E-state index contributed by atoms with van der Waals surface area (Å²) in [5.74, 6) is -3.18. The van der Waals surface area contributed by atoms with E-state index in [1.54, 1.807) is 14.1 Å². The molecule has 4 amide bonds. The van der Waals surface area contributed by atoms with Gasteiger partial charge in [0.15, 0.2) is 0 Å². The molecular formula is C19H36N6O6. The highest BCUT2D eigenvalue weighted by atomic mass is 16.4. The monoisotopic (exact) mass is 444 g/mol. The largest absolute Gasteiger partial charge is 0.481 e.